The predicted molar refractivity (Wildman–Crippen MR) is 79.1 cm³/mol. The first kappa shape index (κ1) is 16.3. The van der Waals surface area contributed by atoms with E-state index in [0.717, 1.165) is 5.57 Å². The third-order valence-corrected chi connectivity index (χ3v) is 2.29. The van der Waals surface area contributed by atoms with E-state index in [1.807, 2.05) is 25.1 Å². The lowest BCUT2D eigenvalue weighted by Crippen LogP contribution is -2.16. The van der Waals surface area contributed by atoms with Crippen molar-refractivity contribution in [3.05, 3.63) is 72.7 Å². The summed E-state index contributed by atoms with van der Waals surface area (Å²) in [7, 11) is 3.91. The Hall–Kier alpha value is -1.67. The van der Waals surface area contributed by atoms with E-state index in [1.165, 1.54) is 6.08 Å². The van der Waals surface area contributed by atoms with Crippen molar-refractivity contribution in [2.45, 2.75) is 6.92 Å². The van der Waals surface area contributed by atoms with Crippen LogP contribution < -0.4 is 0 Å². The van der Waals surface area contributed by atoms with E-state index in [4.69, 9.17) is 0 Å². The van der Waals surface area contributed by atoms with Gasteiger partial charge in [0.2, 0.25) is 0 Å². The summed E-state index contributed by atoms with van der Waals surface area (Å²) in [6.45, 7) is 17.3. The summed E-state index contributed by atoms with van der Waals surface area (Å²) < 4.78 is 13.5. The zero-order valence-electron chi connectivity index (χ0n) is 11.6. The van der Waals surface area contributed by atoms with Crippen LogP contribution in [-0.4, -0.2) is 25.5 Å². The molecule has 0 aliphatic heterocycles. The quantitative estimate of drug-likeness (QED) is 0.609. The van der Waals surface area contributed by atoms with Gasteiger partial charge in [0.05, 0.1) is 0 Å². The van der Waals surface area contributed by atoms with Crippen LogP contribution in [0, 0.1) is 0 Å². The molecule has 18 heavy (non-hydrogen) atoms. The van der Waals surface area contributed by atoms with Gasteiger partial charge in [0.25, 0.3) is 0 Å². The maximum absolute atomic E-state index is 13.5. The number of allylic oxidation sites excluding steroid dienone is 6. The number of nitrogens with zero attached hydrogens (tertiary/aromatic N) is 1. The standard InChI is InChI=1S/C16H22FN/c1-8-9-15(11-18(6)7)14(5)13(4)10-16(17)12(2)3/h8-10H,1-2,4-5,11H2,3,6-7H3/b15-9-,16-10+. The zero-order chi connectivity index (χ0) is 14.3. The second kappa shape index (κ2) is 7.62. The van der Waals surface area contributed by atoms with Crippen LogP contribution in [0.3, 0.4) is 0 Å². The van der Waals surface area contributed by atoms with Gasteiger partial charge in [0.1, 0.15) is 5.83 Å². The van der Waals surface area contributed by atoms with Crippen molar-refractivity contribution in [2.75, 3.05) is 20.6 Å². The topological polar surface area (TPSA) is 3.24 Å². The van der Waals surface area contributed by atoms with Crippen LogP contribution in [0.4, 0.5) is 4.39 Å². The minimum Gasteiger partial charge on any atom is -0.305 e. The second-order valence-corrected chi connectivity index (χ2v) is 4.44. The van der Waals surface area contributed by atoms with Crippen LogP contribution in [-0.2, 0) is 0 Å². The lowest BCUT2D eigenvalue weighted by Gasteiger charge is -2.16. The Morgan fingerprint density at radius 1 is 1.22 bits per heavy atom. The van der Waals surface area contributed by atoms with E-state index in [-0.39, 0.29) is 5.83 Å². The molecule has 0 spiro atoms. The Morgan fingerprint density at radius 2 is 1.78 bits per heavy atom. The molecule has 0 saturated heterocycles. The molecular formula is C16H22FN. The van der Waals surface area contributed by atoms with Gasteiger partial charge in [-0.15, -0.1) is 0 Å². The molecule has 2 heteroatoms. The van der Waals surface area contributed by atoms with E-state index in [2.05, 4.69) is 26.3 Å². The first-order chi connectivity index (χ1) is 8.29. The normalized spacial score (nSPS) is 12.5. The smallest absolute Gasteiger partial charge is 0.126 e. The second-order valence-electron chi connectivity index (χ2n) is 4.44. The fourth-order valence-electron chi connectivity index (χ4n) is 1.30. The largest absolute Gasteiger partial charge is 0.305 e. The van der Waals surface area contributed by atoms with E-state index < -0.39 is 0 Å². The van der Waals surface area contributed by atoms with E-state index in [0.29, 0.717) is 23.3 Å². The molecule has 98 valence electrons. The van der Waals surface area contributed by atoms with Crippen molar-refractivity contribution < 1.29 is 4.39 Å². The number of halogens is 1. The Labute approximate surface area is 110 Å². The molecule has 0 heterocycles. The zero-order valence-corrected chi connectivity index (χ0v) is 11.6. The fourth-order valence-corrected chi connectivity index (χ4v) is 1.30. The number of likely N-dealkylation sites (N-methyl/N-ethyl adjacent to an activating group) is 1. The van der Waals surface area contributed by atoms with Crippen LogP contribution in [0.2, 0.25) is 0 Å². The molecule has 0 unspecified atom stereocenters. The highest BCUT2D eigenvalue weighted by atomic mass is 19.1. The lowest BCUT2D eigenvalue weighted by atomic mass is 9.99. The molecule has 0 aliphatic carbocycles. The molecule has 0 rings (SSSR count). The van der Waals surface area contributed by atoms with Crippen molar-refractivity contribution in [1.82, 2.24) is 4.90 Å². The Balaban J connectivity index is 5.06. The van der Waals surface area contributed by atoms with Crippen LogP contribution in [0.1, 0.15) is 6.92 Å². The van der Waals surface area contributed by atoms with Crippen molar-refractivity contribution in [2.24, 2.45) is 0 Å². The van der Waals surface area contributed by atoms with E-state index in [9.17, 15) is 4.39 Å². The average molecular weight is 247 g/mol. The highest BCUT2D eigenvalue weighted by molar-refractivity contribution is 5.51. The molecule has 0 aromatic rings. The number of rotatable bonds is 7. The molecule has 1 nitrogen and oxygen atoms in total. The van der Waals surface area contributed by atoms with Gasteiger partial charge in [-0.3, -0.25) is 0 Å². The van der Waals surface area contributed by atoms with Crippen LogP contribution >= 0.6 is 0 Å². The maximum Gasteiger partial charge on any atom is 0.126 e. The van der Waals surface area contributed by atoms with Crippen LogP contribution in [0.25, 0.3) is 0 Å². The van der Waals surface area contributed by atoms with Crippen molar-refractivity contribution in [3.63, 3.8) is 0 Å². The third-order valence-electron chi connectivity index (χ3n) is 2.29. The summed E-state index contributed by atoms with van der Waals surface area (Å²) in [6.07, 6.45) is 4.91. The lowest BCUT2D eigenvalue weighted by molar-refractivity contribution is 0.447. The first-order valence-electron chi connectivity index (χ1n) is 5.67. The minimum atomic E-state index is -0.371. The SMILES string of the molecule is C=C/C=C(/CN(C)C)C(=C)C(=C)/C=C(/F)C(=C)C. The first-order valence-corrected chi connectivity index (χ1v) is 5.67. The summed E-state index contributed by atoms with van der Waals surface area (Å²) in [4.78, 5) is 2.01. The molecular weight excluding hydrogens is 225 g/mol. The van der Waals surface area contributed by atoms with Gasteiger partial charge in [0.15, 0.2) is 0 Å². The van der Waals surface area contributed by atoms with Gasteiger partial charge < -0.3 is 4.90 Å². The van der Waals surface area contributed by atoms with Gasteiger partial charge in [-0.1, -0.05) is 38.5 Å². The summed E-state index contributed by atoms with van der Waals surface area (Å²) in [6, 6.07) is 0. The molecule has 0 aliphatic rings. The minimum absolute atomic E-state index is 0.371. The molecule has 0 radical (unpaired) electrons. The Morgan fingerprint density at radius 3 is 2.17 bits per heavy atom. The molecule has 0 aromatic carbocycles. The van der Waals surface area contributed by atoms with Gasteiger partial charge in [-0.2, -0.15) is 0 Å². The number of hydrogen-bond acceptors (Lipinski definition) is 1. The van der Waals surface area contributed by atoms with Gasteiger partial charge >= 0.3 is 0 Å². The highest BCUT2D eigenvalue weighted by Gasteiger charge is 2.07. The van der Waals surface area contributed by atoms with E-state index >= 15 is 0 Å². The maximum atomic E-state index is 13.5. The summed E-state index contributed by atoms with van der Waals surface area (Å²) in [5.74, 6) is -0.371. The number of hydrogen-bond donors (Lipinski definition) is 0. The van der Waals surface area contributed by atoms with E-state index in [1.54, 1.807) is 13.0 Å². The molecule has 0 atom stereocenters. The van der Waals surface area contributed by atoms with Crippen molar-refractivity contribution in [3.8, 4) is 0 Å². The molecule has 0 fully saturated rings. The van der Waals surface area contributed by atoms with Crippen LogP contribution in [0.15, 0.2) is 72.7 Å². The summed E-state index contributed by atoms with van der Waals surface area (Å²) in [5, 5.41) is 0. The van der Waals surface area contributed by atoms with Gasteiger partial charge in [0, 0.05) is 6.54 Å². The summed E-state index contributed by atoms with van der Waals surface area (Å²) >= 11 is 0. The van der Waals surface area contributed by atoms with Crippen molar-refractivity contribution in [1.29, 1.82) is 0 Å². The molecule has 0 aromatic heterocycles. The molecule has 0 bridgehead atoms. The summed E-state index contributed by atoms with van der Waals surface area (Å²) in [5.41, 5.74) is 2.60. The molecule has 0 saturated carbocycles. The van der Waals surface area contributed by atoms with Gasteiger partial charge in [-0.05, 0) is 49.4 Å². The highest BCUT2D eigenvalue weighted by Crippen LogP contribution is 2.21. The predicted octanol–water partition coefficient (Wildman–Crippen LogP) is 4.20. The fraction of sp³-hybridized carbons (Fsp3) is 0.250. The van der Waals surface area contributed by atoms with Crippen LogP contribution in [0.5, 0.6) is 0 Å². The Bertz CT molecular complexity index is 422. The monoisotopic (exact) mass is 247 g/mol. The third kappa shape index (κ3) is 5.60. The molecule has 0 amide bonds. The Kier molecular flexibility index (Phi) is 6.91. The van der Waals surface area contributed by atoms with Crippen molar-refractivity contribution >= 4 is 0 Å². The molecule has 0 N–H and O–H groups in total. The average Bonchev–Trinajstić information content (AvgIpc) is 2.26. The van der Waals surface area contributed by atoms with Gasteiger partial charge in [-0.25, -0.2) is 4.39 Å².